The van der Waals surface area contributed by atoms with Crippen LogP contribution in [0, 0.1) is 13.8 Å². The molecule has 0 aromatic heterocycles. The van der Waals surface area contributed by atoms with Gasteiger partial charge in [-0.05, 0) is 85.3 Å². The summed E-state index contributed by atoms with van der Waals surface area (Å²) in [6.45, 7) is 9.71. The van der Waals surface area contributed by atoms with Gasteiger partial charge >= 0.3 is 0 Å². The molecule has 4 aromatic carbocycles. The molecule has 0 atom stereocenters. The quantitative estimate of drug-likeness (QED) is 0.276. The molecule has 2 heteroatoms. The van der Waals surface area contributed by atoms with Crippen molar-refractivity contribution < 1.29 is 9.47 Å². The number of rotatable bonds is 6. The van der Waals surface area contributed by atoms with E-state index in [1.807, 2.05) is 13.8 Å². The highest BCUT2D eigenvalue weighted by Gasteiger charge is 2.46. The topological polar surface area (TPSA) is 18.5 Å². The van der Waals surface area contributed by atoms with Crippen molar-refractivity contribution >= 4 is 0 Å². The van der Waals surface area contributed by atoms with E-state index in [1.54, 1.807) is 0 Å². The van der Waals surface area contributed by atoms with Crippen LogP contribution < -0.4 is 9.47 Å². The van der Waals surface area contributed by atoms with Crippen LogP contribution in [0.4, 0.5) is 0 Å². The Bertz CT molecular complexity index is 1180. The van der Waals surface area contributed by atoms with E-state index in [2.05, 4.69) is 98.8 Å². The average Bonchev–Trinajstić information content (AvgIpc) is 3.10. The highest BCUT2D eigenvalue weighted by molar-refractivity contribution is 5.86. The van der Waals surface area contributed by atoms with Crippen molar-refractivity contribution in [3.63, 3.8) is 0 Å². The van der Waals surface area contributed by atoms with Gasteiger partial charge in [-0.15, -0.1) is 0 Å². The van der Waals surface area contributed by atoms with Gasteiger partial charge in [0.25, 0.3) is 0 Å². The zero-order valence-corrected chi connectivity index (χ0v) is 19.8. The van der Waals surface area contributed by atoms with Crippen LogP contribution in [0.1, 0.15) is 47.2 Å². The molecule has 0 heterocycles. The smallest absolute Gasteiger partial charge is 0.119 e. The van der Waals surface area contributed by atoms with E-state index in [0.717, 1.165) is 11.5 Å². The SMILES string of the molecule is CCOc1ccc(C2(c3ccc(OCC)cc3)c3cc(C)ccc3-c3ccc(C)cc32)cc1. The highest BCUT2D eigenvalue weighted by atomic mass is 16.5. The minimum Gasteiger partial charge on any atom is -0.494 e. The van der Waals surface area contributed by atoms with E-state index in [-0.39, 0.29) is 0 Å². The number of benzene rings is 4. The van der Waals surface area contributed by atoms with Gasteiger partial charge in [-0.2, -0.15) is 0 Å². The second-order valence-electron chi connectivity index (χ2n) is 8.76. The molecule has 0 N–H and O–H groups in total. The van der Waals surface area contributed by atoms with Crippen LogP contribution in [0.2, 0.25) is 0 Å². The number of hydrogen-bond acceptors (Lipinski definition) is 2. The largest absolute Gasteiger partial charge is 0.494 e. The second-order valence-corrected chi connectivity index (χ2v) is 8.76. The van der Waals surface area contributed by atoms with E-state index < -0.39 is 5.41 Å². The summed E-state index contributed by atoms with van der Waals surface area (Å²) in [5.41, 5.74) is 9.87. The Morgan fingerprint density at radius 2 is 0.939 bits per heavy atom. The van der Waals surface area contributed by atoms with Gasteiger partial charge in [-0.25, -0.2) is 0 Å². The van der Waals surface area contributed by atoms with Crippen molar-refractivity contribution in [3.8, 4) is 22.6 Å². The first-order valence-corrected chi connectivity index (χ1v) is 11.8. The molecule has 0 saturated heterocycles. The lowest BCUT2D eigenvalue weighted by atomic mass is 9.67. The van der Waals surface area contributed by atoms with Gasteiger partial charge in [-0.1, -0.05) is 71.8 Å². The molecule has 33 heavy (non-hydrogen) atoms. The first-order valence-electron chi connectivity index (χ1n) is 11.8. The van der Waals surface area contributed by atoms with Crippen LogP contribution in [0.3, 0.4) is 0 Å². The fourth-order valence-electron chi connectivity index (χ4n) is 5.28. The van der Waals surface area contributed by atoms with E-state index in [9.17, 15) is 0 Å². The van der Waals surface area contributed by atoms with Crippen molar-refractivity contribution in [2.75, 3.05) is 13.2 Å². The third kappa shape index (κ3) is 3.41. The average molecular weight is 435 g/mol. The van der Waals surface area contributed by atoms with Crippen LogP contribution in [0.25, 0.3) is 11.1 Å². The Morgan fingerprint density at radius 3 is 1.30 bits per heavy atom. The van der Waals surface area contributed by atoms with Gasteiger partial charge in [0.15, 0.2) is 0 Å². The third-order valence-corrected chi connectivity index (χ3v) is 6.64. The van der Waals surface area contributed by atoms with Gasteiger partial charge in [-0.3, -0.25) is 0 Å². The maximum absolute atomic E-state index is 5.77. The Kier molecular flexibility index (Phi) is 5.46. The van der Waals surface area contributed by atoms with Crippen LogP contribution in [0.5, 0.6) is 11.5 Å². The summed E-state index contributed by atoms with van der Waals surface area (Å²) in [4.78, 5) is 0. The summed E-state index contributed by atoms with van der Waals surface area (Å²) in [5.74, 6) is 1.80. The number of fused-ring (bicyclic) bond motifs is 3. The molecule has 0 saturated carbocycles. The van der Waals surface area contributed by atoms with Crippen LogP contribution >= 0.6 is 0 Å². The zero-order valence-electron chi connectivity index (χ0n) is 19.8. The molecule has 0 fully saturated rings. The van der Waals surface area contributed by atoms with Crippen molar-refractivity contribution in [2.45, 2.75) is 33.1 Å². The normalized spacial score (nSPS) is 13.3. The van der Waals surface area contributed by atoms with Gasteiger partial charge in [0, 0.05) is 0 Å². The Balaban J connectivity index is 1.84. The molecule has 0 amide bonds. The van der Waals surface area contributed by atoms with E-state index in [1.165, 1.54) is 44.5 Å². The molecule has 2 nitrogen and oxygen atoms in total. The van der Waals surface area contributed by atoms with Crippen molar-refractivity contribution in [2.24, 2.45) is 0 Å². The lowest BCUT2D eigenvalue weighted by molar-refractivity contribution is 0.340. The molecular weight excluding hydrogens is 404 g/mol. The number of aryl methyl sites for hydroxylation is 2. The molecule has 0 radical (unpaired) electrons. The molecule has 4 aromatic rings. The summed E-state index contributed by atoms with van der Waals surface area (Å²) >= 11 is 0. The predicted octanol–water partition coefficient (Wildman–Crippen LogP) is 7.46. The molecule has 0 unspecified atom stereocenters. The summed E-state index contributed by atoms with van der Waals surface area (Å²) in [7, 11) is 0. The molecule has 0 aliphatic heterocycles. The summed E-state index contributed by atoms with van der Waals surface area (Å²) in [6, 6.07) is 31.0. The number of hydrogen-bond donors (Lipinski definition) is 0. The summed E-state index contributed by atoms with van der Waals surface area (Å²) in [5, 5.41) is 0. The zero-order chi connectivity index (χ0) is 23.0. The lowest BCUT2D eigenvalue weighted by Gasteiger charge is -2.34. The fourth-order valence-corrected chi connectivity index (χ4v) is 5.28. The molecule has 166 valence electrons. The van der Waals surface area contributed by atoms with Gasteiger partial charge in [0.1, 0.15) is 11.5 Å². The molecular formula is C31H30O2. The third-order valence-electron chi connectivity index (χ3n) is 6.64. The van der Waals surface area contributed by atoms with Crippen LogP contribution in [0.15, 0.2) is 84.9 Å². The van der Waals surface area contributed by atoms with Crippen LogP contribution in [-0.4, -0.2) is 13.2 Å². The minimum atomic E-state index is -0.405. The van der Waals surface area contributed by atoms with E-state index in [4.69, 9.17) is 9.47 Å². The number of ether oxygens (including phenoxy) is 2. The Labute approximate surface area is 196 Å². The first-order chi connectivity index (χ1) is 16.1. The standard InChI is InChI=1S/C31H30O2/c1-5-32-25-13-9-23(10-14-25)31(24-11-15-26(16-12-24)33-6-2)29-19-21(3)7-17-27(29)28-18-8-22(4)20-30(28)31/h7-20H,5-6H2,1-4H3. The lowest BCUT2D eigenvalue weighted by Crippen LogP contribution is -2.28. The predicted molar refractivity (Wildman–Crippen MR) is 136 cm³/mol. The Hall–Kier alpha value is -3.52. The van der Waals surface area contributed by atoms with Crippen molar-refractivity contribution in [3.05, 3.63) is 118 Å². The maximum Gasteiger partial charge on any atom is 0.119 e. The van der Waals surface area contributed by atoms with E-state index in [0.29, 0.717) is 13.2 Å². The molecule has 0 bridgehead atoms. The molecule has 1 aliphatic rings. The highest BCUT2D eigenvalue weighted by Crippen LogP contribution is 2.56. The van der Waals surface area contributed by atoms with Gasteiger partial charge in [0.2, 0.25) is 0 Å². The maximum atomic E-state index is 5.77. The monoisotopic (exact) mass is 434 g/mol. The summed E-state index contributed by atoms with van der Waals surface area (Å²) in [6.07, 6.45) is 0. The van der Waals surface area contributed by atoms with Gasteiger partial charge in [0.05, 0.1) is 18.6 Å². The van der Waals surface area contributed by atoms with Crippen molar-refractivity contribution in [1.82, 2.24) is 0 Å². The first kappa shape index (κ1) is 21.3. The Morgan fingerprint density at radius 1 is 0.545 bits per heavy atom. The van der Waals surface area contributed by atoms with Gasteiger partial charge < -0.3 is 9.47 Å². The van der Waals surface area contributed by atoms with E-state index >= 15 is 0 Å². The second kappa shape index (κ2) is 8.44. The van der Waals surface area contributed by atoms with Crippen molar-refractivity contribution in [1.29, 1.82) is 0 Å². The van der Waals surface area contributed by atoms with Crippen LogP contribution in [-0.2, 0) is 5.41 Å². The minimum absolute atomic E-state index is 0.405. The molecule has 5 rings (SSSR count). The fraction of sp³-hybridized carbons (Fsp3) is 0.226. The molecule has 1 aliphatic carbocycles. The summed E-state index contributed by atoms with van der Waals surface area (Å²) < 4.78 is 11.5. The molecule has 0 spiro atoms.